The van der Waals surface area contributed by atoms with Crippen LogP contribution >= 0.6 is 0 Å². The van der Waals surface area contributed by atoms with Crippen molar-refractivity contribution in [2.24, 2.45) is 11.3 Å². The fourth-order valence-electron chi connectivity index (χ4n) is 8.27. The van der Waals surface area contributed by atoms with E-state index in [1.165, 1.54) is 25.3 Å². The molecule has 1 aromatic carbocycles. The first-order chi connectivity index (χ1) is 25.4. The van der Waals surface area contributed by atoms with Crippen LogP contribution in [0.3, 0.4) is 0 Å². The van der Waals surface area contributed by atoms with Crippen molar-refractivity contribution in [2.75, 3.05) is 75.2 Å². The lowest BCUT2D eigenvalue weighted by atomic mass is 9.60. The lowest BCUT2D eigenvalue weighted by molar-refractivity contribution is -0.140. The van der Waals surface area contributed by atoms with Crippen LogP contribution in [-0.2, 0) is 9.53 Å². The summed E-state index contributed by atoms with van der Waals surface area (Å²) >= 11 is 0. The summed E-state index contributed by atoms with van der Waals surface area (Å²) in [5.41, 5.74) is 1.04. The van der Waals surface area contributed by atoms with E-state index in [0.29, 0.717) is 22.9 Å². The van der Waals surface area contributed by atoms with E-state index in [1.54, 1.807) is 44.0 Å². The van der Waals surface area contributed by atoms with Gasteiger partial charge in [-0.15, -0.1) is 0 Å². The highest BCUT2D eigenvalue weighted by Gasteiger charge is 2.48. The molecule has 1 spiro atoms. The summed E-state index contributed by atoms with van der Waals surface area (Å²) in [5, 5.41) is 3.22. The number of nitrogens with zero attached hydrogens (tertiary/aromatic N) is 7. The fourth-order valence-corrected chi connectivity index (χ4v) is 8.27. The molecule has 0 unspecified atom stereocenters. The number of methoxy groups -OCH3 is 1. The van der Waals surface area contributed by atoms with Crippen LogP contribution in [0.2, 0.25) is 0 Å². The number of amides is 3. The smallest absolute Gasteiger partial charge is 0.410 e. The largest absolute Gasteiger partial charge is 0.495 e. The third-order valence-corrected chi connectivity index (χ3v) is 11.5. The molecule has 4 heterocycles. The van der Waals surface area contributed by atoms with Crippen LogP contribution < -0.4 is 24.8 Å². The van der Waals surface area contributed by atoms with Gasteiger partial charge in [-0.1, -0.05) is 0 Å². The van der Waals surface area contributed by atoms with E-state index >= 15 is 0 Å². The Balaban J connectivity index is 1.01. The highest BCUT2D eigenvalue weighted by atomic mass is 19.3. The zero-order chi connectivity index (χ0) is 39.2. The number of carbonyl (C=O) groups is 3. The topological polar surface area (TPSA) is 124 Å². The molecule has 2 saturated heterocycles. The van der Waals surface area contributed by atoms with E-state index in [1.807, 2.05) is 25.7 Å². The van der Waals surface area contributed by atoms with Crippen LogP contribution in [0.1, 0.15) is 83.5 Å². The maximum atomic E-state index is 14.8. The number of hydrogen-bond donors (Lipinski definition) is 1. The Hall–Kier alpha value is -4.27. The van der Waals surface area contributed by atoms with Crippen molar-refractivity contribution >= 4 is 41.0 Å². The van der Waals surface area contributed by atoms with Crippen molar-refractivity contribution in [3.63, 3.8) is 0 Å². The minimum absolute atomic E-state index is 0.115. The normalized spacial score (nSPS) is 20.7. The molecule has 3 amide bonds. The van der Waals surface area contributed by atoms with Gasteiger partial charge in [0.1, 0.15) is 17.0 Å². The number of anilines is 4. The number of rotatable bonds is 8. The maximum Gasteiger partial charge on any atom is 0.410 e. The minimum Gasteiger partial charge on any atom is -0.495 e. The second-order valence-electron chi connectivity index (χ2n) is 16.9. The average molecular weight is 755 g/mol. The molecule has 1 N–H and O–H groups in total. The van der Waals surface area contributed by atoms with Crippen molar-refractivity contribution < 1.29 is 32.6 Å². The Labute approximate surface area is 317 Å². The predicted octanol–water partition coefficient (Wildman–Crippen LogP) is 5.70. The summed E-state index contributed by atoms with van der Waals surface area (Å²) in [4.78, 5) is 55.8. The maximum absolute atomic E-state index is 14.8. The van der Waals surface area contributed by atoms with Gasteiger partial charge in [0.2, 0.25) is 5.95 Å². The predicted molar refractivity (Wildman–Crippen MR) is 203 cm³/mol. The highest BCUT2D eigenvalue weighted by Crippen LogP contribution is 2.49. The van der Waals surface area contributed by atoms with E-state index < -0.39 is 24.0 Å². The van der Waals surface area contributed by atoms with Gasteiger partial charge in [-0.25, -0.2) is 9.78 Å². The van der Waals surface area contributed by atoms with Gasteiger partial charge in [0.15, 0.2) is 5.82 Å². The average Bonchev–Trinajstić information content (AvgIpc) is 3.19. The molecular weight excluding hydrogens is 698 g/mol. The van der Waals surface area contributed by atoms with Gasteiger partial charge >= 0.3 is 12.0 Å². The van der Waals surface area contributed by atoms with Crippen LogP contribution in [0.4, 0.5) is 36.7 Å². The number of ether oxygens (including phenoxy) is 2. The molecule has 0 atom stereocenters. The standard InChI is InChI=1S/C39H56F2N8O5/c1-25(2)49-24-39(40,41)34(51)45(6)30-22-42-35(44-32(30)49)46(7)29-10-9-27(19-31(29)53-8)33(50)43-28-20-38(21-28)13-17-47(18-14-38)23-26-11-15-48(16-12-26)36(52)54-37(3,4)5/h9-10,19,22,25-26,28H,11-18,20-21,23-24H2,1-8H3,(H,43,50). The van der Waals surface area contributed by atoms with E-state index in [0.717, 1.165) is 76.1 Å². The zero-order valence-electron chi connectivity index (χ0n) is 33.0. The number of likely N-dealkylation sites (tertiary alicyclic amines) is 2. The molecule has 54 heavy (non-hydrogen) atoms. The van der Waals surface area contributed by atoms with Gasteiger partial charge in [0, 0.05) is 51.4 Å². The van der Waals surface area contributed by atoms with Crippen LogP contribution in [0, 0.1) is 11.3 Å². The Morgan fingerprint density at radius 2 is 1.76 bits per heavy atom. The molecule has 4 aliphatic rings. The van der Waals surface area contributed by atoms with Gasteiger partial charge in [-0.05, 0) is 116 Å². The number of alkyl halides is 2. The molecule has 13 nitrogen and oxygen atoms in total. The molecule has 0 radical (unpaired) electrons. The second-order valence-corrected chi connectivity index (χ2v) is 16.9. The van der Waals surface area contributed by atoms with E-state index in [-0.39, 0.29) is 47.0 Å². The fraction of sp³-hybridized carbons (Fsp3) is 0.667. The number of aromatic nitrogens is 2. The number of hydrogen-bond acceptors (Lipinski definition) is 10. The molecule has 296 valence electrons. The molecule has 3 fully saturated rings. The second kappa shape index (κ2) is 15.1. The Bertz CT molecular complexity index is 1710. The number of carbonyl (C=O) groups excluding carboxylic acids is 3. The van der Waals surface area contributed by atoms with Crippen molar-refractivity contribution in [3.05, 3.63) is 30.0 Å². The van der Waals surface area contributed by atoms with Crippen LogP contribution in [-0.4, -0.2) is 122 Å². The molecule has 6 rings (SSSR count). The highest BCUT2D eigenvalue weighted by molar-refractivity contribution is 6.02. The molecule has 1 aromatic heterocycles. The molecule has 3 aliphatic heterocycles. The molecular formula is C39H56F2N8O5. The SMILES string of the molecule is COc1cc(C(=O)NC2CC3(CCN(CC4CCN(C(=O)OC(C)(C)C)CC4)CC3)C2)ccc1N(C)c1ncc2c(n1)N(C(C)C)CC(F)(F)C(=O)N2C. The zero-order valence-corrected chi connectivity index (χ0v) is 33.0. The molecule has 1 saturated carbocycles. The number of benzene rings is 1. The van der Waals surface area contributed by atoms with Gasteiger partial charge in [-0.3, -0.25) is 9.59 Å². The molecule has 1 aliphatic carbocycles. The van der Waals surface area contributed by atoms with Crippen LogP contribution in [0.15, 0.2) is 24.4 Å². The van der Waals surface area contributed by atoms with E-state index in [4.69, 9.17) is 9.47 Å². The first-order valence-electron chi connectivity index (χ1n) is 19.1. The molecule has 0 bridgehead atoms. The van der Waals surface area contributed by atoms with Crippen molar-refractivity contribution in [1.82, 2.24) is 25.1 Å². The van der Waals surface area contributed by atoms with Crippen LogP contribution in [0.25, 0.3) is 0 Å². The van der Waals surface area contributed by atoms with E-state index in [2.05, 4.69) is 20.2 Å². The van der Waals surface area contributed by atoms with Crippen molar-refractivity contribution in [2.45, 2.75) is 96.8 Å². The molecule has 15 heteroatoms. The van der Waals surface area contributed by atoms with Gasteiger partial charge in [-0.2, -0.15) is 13.8 Å². The first-order valence-corrected chi connectivity index (χ1v) is 19.1. The summed E-state index contributed by atoms with van der Waals surface area (Å²) in [6, 6.07) is 4.92. The Kier molecular flexibility index (Phi) is 11.0. The number of halogens is 2. The third kappa shape index (κ3) is 8.35. The summed E-state index contributed by atoms with van der Waals surface area (Å²) in [6.07, 6.45) is 7.35. The summed E-state index contributed by atoms with van der Waals surface area (Å²) in [5.74, 6) is -3.60. The lowest BCUT2D eigenvalue weighted by Gasteiger charge is -2.52. The third-order valence-electron chi connectivity index (χ3n) is 11.5. The number of nitrogens with one attached hydrogen (secondary N) is 1. The van der Waals surface area contributed by atoms with Gasteiger partial charge in [0.25, 0.3) is 11.8 Å². The minimum atomic E-state index is -3.59. The molecule has 2 aromatic rings. The first kappa shape index (κ1) is 39.4. The van der Waals surface area contributed by atoms with Gasteiger partial charge in [0.05, 0.1) is 25.5 Å². The van der Waals surface area contributed by atoms with E-state index in [9.17, 15) is 23.2 Å². The monoisotopic (exact) mass is 754 g/mol. The quantitative estimate of drug-likeness (QED) is 0.359. The Morgan fingerprint density at radius 1 is 1.09 bits per heavy atom. The number of piperidine rings is 2. The number of fused-ring (bicyclic) bond motifs is 1. The van der Waals surface area contributed by atoms with Gasteiger partial charge < -0.3 is 39.3 Å². The summed E-state index contributed by atoms with van der Waals surface area (Å²) in [6.45, 7) is 13.1. The van der Waals surface area contributed by atoms with Crippen molar-refractivity contribution in [3.8, 4) is 5.75 Å². The van der Waals surface area contributed by atoms with Crippen LogP contribution in [0.5, 0.6) is 5.75 Å². The van der Waals surface area contributed by atoms with Crippen molar-refractivity contribution in [1.29, 1.82) is 0 Å². The Morgan fingerprint density at radius 3 is 2.37 bits per heavy atom. The summed E-state index contributed by atoms with van der Waals surface area (Å²) in [7, 11) is 4.55. The summed E-state index contributed by atoms with van der Waals surface area (Å²) < 4.78 is 40.8. The lowest BCUT2D eigenvalue weighted by Crippen LogP contribution is -2.55.